The van der Waals surface area contributed by atoms with E-state index in [2.05, 4.69) is 30.4 Å². The van der Waals surface area contributed by atoms with Crippen molar-refractivity contribution in [1.82, 2.24) is 29.9 Å². The van der Waals surface area contributed by atoms with Gasteiger partial charge in [-0.05, 0) is 13.1 Å². The number of fused-ring (bicyclic) bond motifs is 3. The Morgan fingerprint density at radius 3 is 3.05 bits per heavy atom. The smallest absolute Gasteiger partial charge is 0.204 e. The van der Waals surface area contributed by atoms with Gasteiger partial charge in [-0.15, -0.1) is 10.2 Å². The third-order valence-electron chi connectivity index (χ3n) is 3.68. The van der Waals surface area contributed by atoms with E-state index in [4.69, 9.17) is 5.73 Å². The van der Waals surface area contributed by atoms with Crippen molar-refractivity contribution in [2.75, 3.05) is 30.8 Å². The first kappa shape index (κ1) is 11.4. The van der Waals surface area contributed by atoms with E-state index in [-0.39, 0.29) is 0 Å². The van der Waals surface area contributed by atoms with Crippen LogP contribution in [0.1, 0.15) is 0 Å². The van der Waals surface area contributed by atoms with Crippen molar-refractivity contribution < 1.29 is 0 Å². The average Bonchev–Trinajstić information content (AvgIpc) is 2.87. The van der Waals surface area contributed by atoms with Crippen LogP contribution in [0.25, 0.3) is 16.8 Å². The van der Waals surface area contributed by atoms with Crippen LogP contribution < -0.4 is 16.0 Å². The van der Waals surface area contributed by atoms with Crippen LogP contribution in [0.15, 0.2) is 18.6 Å². The molecule has 0 saturated carbocycles. The molecule has 0 aromatic carbocycles. The molecule has 8 nitrogen and oxygen atoms in total. The number of hydrogen-bond acceptors (Lipinski definition) is 7. The highest BCUT2D eigenvalue weighted by atomic mass is 15.3. The molecule has 3 N–H and O–H groups in total. The zero-order chi connectivity index (χ0) is 13.7. The second-order valence-corrected chi connectivity index (χ2v) is 4.96. The summed E-state index contributed by atoms with van der Waals surface area (Å²) >= 11 is 0. The fourth-order valence-corrected chi connectivity index (χ4v) is 2.49. The normalized spacial score (nSPS) is 15.9. The number of likely N-dealkylation sites (N-methyl/N-ethyl adjacent to an activating group) is 1. The predicted molar refractivity (Wildman–Crippen MR) is 75.6 cm³/mol. The molecular weight excluding hydrogens is 256 g/mol. The minimum absolute atomic E-state index is 0.495. The maximum atomic E-state index is 5.79. The summed E-state index contributed by atoms with van der Waals surface area (Å²) in [7, 11) is 1.97. The van der Waals surface area contributed by atoms with Crippen LogP contribution in [0.5, 0.6) is 0 Å². The number of anilines is 2. The lowest BCUT2D eigenvalue weighted by atomic mass is 10.1. The molecule has 102 valence electrons. The molecule has 1 aliphatic rings. The molecule has 1 fully saturated rings. The zero-order valence-corrected chi connectivity index (χ0v) is 11.0. The Labute approximate surface area is 114 Å². The second kappa shape index (κ2) is 4.01. The van der Waals surface area contributed by atoms with Gasteiger partial charge in [0.25, 0.3) is 0 Å². The Hall–Kier alpha value is -2.48. The van der Waals surface area contributed by atoms with E-state index in [1.165, 1.54) is 0 Å². The fraction of sp³-hybridized carbons (Fsp3) is 0.333. The van der Waals surface area contributed by atoms with E-state index in [1.807, 2.05) is 17.5 Å². The minimum Gasteiger partial charge on any atom is -0.397 e. The summed E-state index contributed by atoms with van der Waals surface area (Å²) in [4.78, 5) is 11.1. The van der Waals surface area contributed by atoms with Gasteiger partial charge in [0.2, 0.25) is 5.65 Å². The van der Waals surface area contributed by atoms with Gasteiger partial charge in [-0.2, -0.15) is 0 Å². The van der Waals surface area contributed by atoms with Crippen LogP contribution in [0.2, 0.25) is 0 Å². The summed E-state index contributed by atoms with van der Waals surface area (Å²) in [6.45, 7) is 1.82. The first-order chi connectivity index (χ1) is 9.76. The number of hydrogen-bond donors (Lipinski definition) is 2. The third-order valence-corrected chi connectivity index (χ3v) is 3.68. The van der Waals surface area contributed by atoms with Gasteiger partial charge in [-0.1, -0.05) is 0 Å². The van der Waals surface area contributed by atoms with Gasteiger partial charge >= 0.3 is 0 Å². The zero-order valence-electron chi connectivity index (χ0n) is 11.0. The van der Waals surface area contributed by atoms with Crippen LogP contribution in [0.3, 0.4) is 0 Å². The first-order valence-corrected chi connectivity index (χ1v) is 6.43. The molecule has 20 heavy (non-hydrogen) atoms. The van der Waals surface area contributed by atoms with Crippen molar-refractivity contribution in [2.24, 2.45) is 0 Å². The number of pyridine rings is 1. The molecule has 1 aliphatic heterocycles. The highest BCUT2D eigenvalue weighted by Gasteiger charge is 2.29. The van der Waals surface area contributed by atoms with Crippen LogP contribution in [-0.4, -0.2) is 50.7 Å². The van der Waals surface area contributed by atoms with Crippen LogP contribution in [0, 0.1) is 0 Å². The number of nitrogens with zero attached hydrogens (tertiary/aromatic N) is 6. The maximum Gasteiger partial charge on any atom is 0.204 e. The highest BCUT2D eigenvalue weighted by molar-refractivity contribution is 5.82. The molecule has 0 spiro atoms. The Kier molecular flexibility index (Phi) is 2.27. The molecule has 3 aromatic rings. The van der Waals surface area contributed by atoms with Crippen molar-refractivity contribution in [3.05, 3.63) is 18.6 Å². The third kappa shape index (κ3) is 1.51. The summed E-state index contributed by atoms with van der Waals surface area (Å²) in [5, 5.41) is 11.4. The van der Waals surface area contributed by atoms with Gasteiger partial charge in [0, 0.05) is 19.1 Å². The summed E-state index contributed by atoms with van der Waals surface area (Å²) in [6, 6.07) is 2.33. The predicted octanol–water partition coefficient (Wildman–Crippen LogP) is -0.337. The van der Waals surface area contributed by atoms with Gasteiger partial charge in [-0.25, -0.2) is 9.97 Å². The van der Waals surface area contributed by atoms with Crippen LogP contribution in [-0.2, 0) is 0 Å². The van der Waals surface area contributed by atoms with E-state index in [9.17, 15) is 0 Å². The molecule has 1 saturated heterocycles. The lowest BCUT2D eigenvalue weighted by Crippen LogP contribution is -2.57. The number of nitrogens with two attached hydrogens (primary N) is 1. The lowest BCUT2D eigenvalue weighted by Gasteiger charge is -2.39. The minimum atomic E-state index is 0.495. The molecular formula is C12H14N8. The molecule has 4 heterocycles. The van der Waals surface area contributed by atoms with Crippen molar-refractivity contribution in [1.29, 1.82) is 0 Å². The van der Waals surface area contributed by atoms with Crippen molar-refractivity contribution in [3.63, 3.8) is 0 Å². The Morgan fingerprint density at radius 1 is 1.40 bits per heavy atom. The monoisotopic (exact) mass is 270 g/mol. The summed E-state index contributed by atoms with van der Waals surface area (Å²) in [5.41, 5.74) is 8.59. The van der Waals surface area contributed by atoms with Crippen molar-refractivity contribution in [2.45, 2.75) is 6.04 Å². The van der Waals surface area contributed by atoms with E-state index >= 15 is 0 Å². The quantitative estimate of drug-likeness (QED) is 0.657. The molecule has 0 radical (unpaired) electrons. The van der Waals surface area contributed by atoms with Gasteiger partial charge < -0.3 is 16.0 Å². The SMILES string of the molecule is CNC1CN(c2nc3ncc(N)cc3n3cnnc23)C1. The van der Waals surface area contributed by atoms with E-state index in [0.717, 1.165) is 30.1 Å². The van der Waals surface area contributed by atoms with E-state index in [0.29, 0.717) is 17.4 Å². The molecule has 0 bridgehead atoms. The molecule has 0 atom stereocenters. The molecule has 4 rings (SSSR count). The molecule has 3 aromatic heterocycles. The van der Waals surface area contributed by atoms with E-state index in [1.54, 1.807) is 12.5 Å². The molecule has 0 aliphatic carbocycles. The molecule has 0 amide bonds. The van der Waals surface area contributed by atoms with Gasteiger partial charge in [0.15, 0.2) is 11.5 Å². The second-order valence-electron chi connectivity index (χ2n) is 4.96. The molecule has 8 heteroatoms. The summed E-state index contributed by atoms with van der Waals surface area (Å²) in [5.74, 6) is 0.818. The topological polar surface area (TPSA) is 97.3 Å². The maximum absolute atomic E-state index is 5.79. The first-order valence-electron chi connectivity index (χ1n) is 6.43. The lowest BCUT2D eigenvalue weighted by molar-refractivity contribution is 0.448. The molecule has 0 unspecified atom stereocenters. The number of nitrogen functional groups attached to an aromatic ring is 1. The number of rotatable bonds is 2. The van der Waals surface area contributed by atoms with Gasteiger partial charge in [0.05, 0.1) is 17.4 Å². The van der Waals surface area contributed by atoms with E-state index < -0.39 is 0 Å². The largest absolute Gasteiger partial charge is 0.397 e. The number of aromatic nitrogens is 5. The van der Waals surface area contributed by atoms with Crippen LogP contribution >= 0.6 is 0 Å². The number of nitrogens with one attached hydrogen (secondary N) is 1. The standard InChI is InChI=1S/C12H14N8/c1-14-8-4-19(5-8)11-12-18-16-6-20(12)9-2-7(13)3-15-10(9)17-11/h2-3,6,8,14H,4-5,13H2,1H3. The van der Waals surface area contributed by atoms with Gasteiger partial charge in [-0.3, -0.25) is 4.40 Å². The average molecular weight is 270 g/mol. The van der Waals surface area contributed by atoms with Gasteiger partial charge in [0.1, 0.15) is 6.33 Å². The Bertz CT molecular complexity index is 789. The summed E-state index contributed by atoms with van der Waals surface area (Å²) < 4.78 is 1.88. The fourth-order valence-electron chi connectivity index (χ4n) is 2.49. The van der Waals surface area contributed by atoms with Crippen LogP contribution in [0.4, 0.5) is 11.5 Å². The summed E-state index contributed by atoms with van der Waals surface area (Å²) in [6.07, 6.45) is 3.28. The highest BCUT2D eigenvalue weighted by Crippen LogP contribution is 2.26. The van der Waals surface area contributed by atoms with Crippen molar-refractivity contribution in [3.8, 4) is 0 Å². The van der Waals surface area contributed by atoms with Crippen molar-refractivity contribution >= 4 is 28.3 Å². The Balaban J connectivity index is 1.91. The Morgan fingerprint density at radius 2 is 2.25 bits per heavy atom.